The Hall–Kier alpha value is 0.155. The first-order valence-corrected chi connectivity index (χ1v) is 1.67. The summed E-state index contributed by atoms with van der Waals surface area (Å²) in [6.45, 7) is 0. The Balaban J connectivity index is 0. The van der Waals surface area contributed by atoms with Crippen molar-refractivity contribution in [2.24, 2.45) is 0 Å². The van der Waals surface area contributed by atoms with Crippen LogP contribution in [0.5, 0.6) is 0 Å². The fourth-order valence-corrected chi connectivity index (χ4v) is 0.321. The number of rotatable bonds is 0. The van der Waals surface area contributed by atoms with E-state index in [2.05, 4.69) is 0 Å². The van der Waals surface area contributed by atoms with E-state index in [1.54, 1.807) is 0 Å². The van der Waals surface area contributed by atoms with Crippen LogP contribution in [-0.2, 0) is 22.4 Å². The van der Waals surface area contributed by atoms with Crippen LogP contribution in [0.1, 0.15) is 0 Å². The van der Waals surface area contributed by atoms with E-state index < -0.39 is 0 Å². The molecule has 3 radical (unpaired) electrons. The third-order valence-electron chi connectivity index (χ3n) is 0.556. The van der Waals surface area contributed by atoms with E-state index in [0.717, 1.165) is 0 Å². The van der Waals surface area contributed by atoms with Crippen molar-refractivity contribution >= 4 is 8.41 Å². The molecule has 0 spiro atoms. The summed E-state index contributed by atoms with van der Waals surface area (Å²) >= 11 is 0. The summed E-state index contributed by atoms with van der Waals surface area (Å²) in [5, 5.41) is 0. The van der Waals surface area contributed by atoms with E-state index in [-0.39, 0.29) is 30.8 Å². The van der Waals surface area contributed by atoms with Crippen molar-refractivity contribution < 1.29 is 22.4 Å². The molecule has 7 heavy (non-hydrogen) atoms. The summed E-state index contributed by atoms with van der Waals surface area (Å²) in [6.07, 6.45) is 0. The molecule has 0 saturated heterocycles. The van der Waals surface area contributed by atoms with E-state index in [1.807, 2.05) is 30.3 Å². The predicted molar refractivity (Wildman–Crippen MR) is 27.8 cm³/mol. The molecule has 0 aromatic heterocycles. The van der Waals surface area contributed by atoms with E-state index in [9.17, 15) is 0 Å². The molecule has 0 atom stereocenters. The molecule has 39 valence electrons. The SMILES string of the molecule is [Au+].[B].c1cc[cH-]c1. The van der Waals surface area contributed by atoms with Gasteiger partial charge in [0.2, 0.25) is 0 Å². The molecule has 1 aromatic rings. The standard InChI is InChI=1S/C5H5.Au.B/c1-2-4-5-3-1;;/h1-5H;;/q-1;+1;. The second-order valence-corrected chi connectivity index (χ2v) is 0.962. The molecular formula is C5H5AuB. The van der Waals surface area contributed by atoms with Crippen LogP contribution in [-0.4, -0.2) is 8.41 Å². The Bertz CT molecular complexity index is 64.6. The quantitative estimate of drug-likeness (QED) is 0.489. The zero-order chi connectivity index (χ0) is 3.54. The summed E-state index contributed by atoms with van der Waals surface area (Å²) in [5.74, 6) is 0. The van der Waals surface area contributed by atoms with Crippen LogP contribution in [0.25, 0.3) is 0 Å². The zero-order valence-corrected chi connectivity index (χ0v) is 5.93. The molecule has 0 amide bonds. The molecule has 0 nitrogen and oxygen atoms in total. The van der Waals surface area contributed by atoms with Gasteiger partial charge >= 0.3 is 22.4 Å². The summed E-state index contributed by atoms with van der Waals surface area (Å²) in [7, 11) is 0. The van der Waals surface area contributed by atoms with Gasteiger partial charge in [-0.25, -0.2) is 12.1 Å². The van der Waals surface area contributed by atoms with Gasteiger partial charge < -0.3 is 0 Å². The first-order chi connectivity index (χ1) is 2.50. The Morgan fingerprint density at radius 2 is 1.43 bits per heavy atom. The summed E-state index contributed by atoms with van der Waals surface area (Å²) in [4.78, 5) is 0. The van der Waals surface area contributed by atoms with E-state index in [4.69, 9.17) is 0 Å². The van der Waals surface area contributed by atoms with Gasteiger partial charge in [0.25, 0.3) is 0 Å². The van der Waals surface area contributed by atoms with Gasteiger partial charge in [0.15, 0.2) is 0 Å². The smallest absolute Gasteiger partial charge is 0.214 e. The molecule has 0 unspecified atom stereocenters. The van der Waals surface area contributed by atoms with Crippen molar-refractivity contribution in [2.75, 3.05) is 0 Å². The van der Waals surface area contributed by atoms with Gasteiger partial charge in [0, 0.05) is 8.41 Å². The molecular weight excluding hydrogens is 268 g/mol. The molecule has 0 aliphatic rings. The maximum atomic E-state index is 2.00. The Labute approximate surface area is 61.4 Å². The Morgan fingerprint density at radius 3 is 1.57 bits per heavy atom. The minimum absolute atomic E-state index is 0. The second-order valence-electron chi connectivity index (χ2n) is 0.962. The van der Waals surface area contributed by atoms with Crippen molar-refractivity contribution in [1.29, 1.82) is 0 Å². The van der Waals surface area contributed by atoms with Crippen molar-refractivity contribution in [3.05, 3.63) is 30.3 Å². The van der Waals surface area contributed by atoms with E-state index in [0.29, 0.717) is 0 Å². The largest absolute Gasteiger partial charge is 1.00 e. The third-order valence-corrected chi connectivity index (χ3v) is 0.556. The van der Waals surface area contributed by atoms with Crippen molar-refractivity contribution in [1.82, 2.24) is 0 Å². The molecule has 0 saturated carbocycles. The molecule has 0 aliphatic heterocycles. The molecule has 0 aliphatic carbocycles. The topological polar surface area (TPSA) is 0 Å². The van der Waals surface area contributed by atoms with Crippen LogP contribution in [0.3, 0.4) is 0 Å². The first kappa shape index (κ1) is 10.2. The average Bonchev–Trinajstić information content (AvgIpc) is 1.76. The van der Waals surface area contributed by atoms with Crippen LogP contribution in [0, 0.1) is 0 Å². The van der Waals surface area contributed by atoms with E-state index >= 15 is 0 Å². The van der Waals surface area contributed by atoms with Gasteiger partial charge in [-0.3, -0.25) is 0 Å². The second kappa shape index (κ2) is 6.16. The average molecular weight is 273 g/mol. The third kappa shape index (κ3) is 4.00. The minimum atomic E-state index is 0. The van der Waals surface area contributed by atoms with Crippen molar-refractivity contribution in [3.63, 3.8) is 0 Å². The Morgan fingerprint density at radius 1 is 1.00 bits per heavy atom. The van der Waals surface area contributed by atoms with Gasteiger partial charge in [0.05, 0.1) is 0 Å². The van der Waals surface area contributed by atoms with Gasteiger partial charge in [-0.15, -0.1) is 0 Å². The normalized spacial score (nSPS) is 5.71. The molecule has 1 aromatic carbocycles. The Kier molecular flexibility index (Phi) is 8.97. The fourth-order valence-electron chi connectivity index (χ4n) is 0.321. The molecule has 0 heterocycles. The summed E-state index contributed by atoms with van der Waals surface area (Å²) < 4.78 is 0. The van der Waals surface area contributed by atoms with Crippen molar-refractivity contribution in [2.45, 2.75) is 0 Å². The van der Waals surface area contributed by atoms with Crippen LogP contribution in [0.4, 0.5) is 0 Å². The van der Waals surface area contributed by atoms with Gasteiger partial charge in [-0.2, -0.15) is 18.2 Å². The monoisotopic (exact) mass is 273 g/mol. The predicted octanol–water partition coefficient (Wildman–Crippen LogP) is 1.02. The van der Waals surface area contributed by atoms with Gasteiger partial charge in [-0.05, 0) is 0 Å². The number of hydrogen-bond donors (Lipinski definition) is 0. The van der Waals surface area contributed by atoms with Crippen LogP contribution < -0.4 is 0 Å². The van der Waals surface area contributed by atoms with Crippen molar-refractivity contribution in [3.8, 4) is 0 Å². The molecule has 0 bridgehead atoms. The molecule has 2 heteroatoms. The maximum Gasteiger partial charge on any atom is 1.00 e. The zero-order valence-electron chi connectivity index (χ0n) is 3.77. The first-order valence-electron chi connectivity index (χ1n) is 1.67. The van der Waals surface area contributed by atoms with Gasteiger partial charge in [-0.1, -0.05) is 0 Å². The molecule has 0 fully saturated rings. The van der Waals surface area contributed by atoms with Crippen LogP contribution in [0.15, 0.2) is 30.3 Å². The summed E-state index contributed by atoms with van der Waals surface area (Å²) in [5.41, 5.74) is 0. The van der Waals surface area contributed by atoms with Crippen LogP contribution >= 0.6 is 0 Å². The maximum absolute atomic E-state index is 2.00. The molecule has 0 N–H and O–H groups in total. The van der Waals surface area contributed by atoms with E-state index in [1.165, 1.54) is 0 Å². The minimum Gasteiger partial charge on any atom is -0.214 e. The van der Waals surface area contributed by atoms with Gasteiger partial charge in [0.1, 0.15) is 0 Å². The summed E-state index contributed by atoms with van der Waals surface area (Å²) in [6, 6.07) is 10.0. The molecule has 1 rings (SSSR count). The number of hydrogen-bond acceptors (Lipinski definition) is 0. The fraction of sp³-hybridized carbons (Fsp3) is 0. The van der Waals surface area contributed by atoms with Crippen LogP contribution in [0.2, 0.25) is 0 Å².